The Bertz CT molecular complexity index is 453. The van der Waals surface area contributed by atoms with Crippen LogP contribution in [0.2, 0.25) is 0 Å². The molecule has 3 aliphatic rings. The van der Waals surface area contributed by atoms with Gasteiger partial charge in [-0.15, -0.1) is 0 Å². The average molecular weight is 306 g/mol. The molecule has 126 valence electrons. The van der Waals surface area contributed by atoms with Gasteiger partial charge in [-0.1, -0.05) is 40.2 Å². The molecule has 0 saturated heterocycles. The molecule has 0 aliphatic heterocycles. The summed E-state index contributed by atoms with van der Waals surface area (Å²) < 4.78 is 0. The zero-order valence-electron chi connectivity index (χ0n) is 14.8. The van der Waals surface area contributed by atoms with Crippen molar-refractivity contribution in [2.75, 3.05) is 6.61 Å². The van der Waals surface area contributed by atoms with Crippen LogP contribution in [-0.2, 0) is 0 Å². The summed E-state index contributed by atoms with van der Waals surface area (Å²) in [4.78, 5) is 0. The summed E-state index contributed by atoms with van der Waals surface area (Å²) in [6.45, 7) is 9.79. The van der Waals surface area contributed by atoms with Gasteiger partial charge in [0.1, 0.15) is 0 Å². The molecule has 0 radical (unpaired) electrons. The van der Waals surface area contributed by atoms with E-state index in [9.17, 15) is 10.2 Å². The van der Waals surface area contributed by atoms with Crippen LogP contribution in [0.25, 0.3) is 0 Å². The van der Waals surface area contributed by atoms with Crippen LogP contribution in [0.5, 0.6) is 0 Å². The van der Waals surface area contributed by atoms with Gasteiger partial charge in [0.05, 0.1) is 12.7 Å². The SMILES string of the molecule is C[C@H]1C(=CCO)[C@H](O)C[C@H]2[C@H]1CC[C@H]1C(C)(C)CCC[C@]21C. The summed E-state index contributed by atoms with van der Waals surface area (Å²) in [6, 6.07) is 0. The second kappa shape index (κ2) is 5.63. The third-order valence-electron chi connectivity index (χ3n) is 7.79. The zero-order chi connectivity index (χ0) is 16.1. The molecule has 0 aromatic rings. The Kier molecular flexibility index (Phi) is 4.23. The first-order valence-electron chi connectivity index (χ1n) is 9.30. The first-order valence-corrected chi connectivity index (χ1v) is 9.30. The van der Waals surface area contributed by atoms with Crippen molar-refractivity contribution in [3.63, 3.8) is 0 Å². The third kappa shape index (κ3) is 2.38. The van der Waals surface area contributed by atoms with Gasteiger partial charge in [0.2, 0.25) is 0 Å². The molecule has 0 bridgehead atoms. The summed E-state index contributed by atoms with van der Waals surface area (Å²) in [7, 11) is 0. The molecule has 0 heterocycles. The second-order valence-electron chi connectivity index (χ2n) is 9.18. The van der Waals surface area contributed by atoms with E-state index in [4.69, 9.17) is 0 Å². The highest BCUT2D eigenvalue weighted by Gasteiger charge is 2.57. The summed E-state index contributed by atoms with van der Waals surface area (Å²) in [6.07, 6.45) is 9.10. The van der Waals surface area contributed by atoms with Gasteiger partial charge in [-0.05, 0) is 72.2 Å². The second-order valence-corrected chi connectivity index (χ2v) is 9.18. The average Bonchev–Trinajstić information content (AvgIpc) is 2.43. The minimum absolute atomic E-state index is 0.0566. The van der Waals surface area contributed by atoms with Crippen LogP contribution in [0.1, 0.15) is 66.2 Å². The van der Waals surface area contributed by atoms with Crippen LogP contribution in [0.15, 0.2) is 11.6 Å². The topological polar surface area (TPSA) is 40.5 Å². The van der Waals surface area contributed by atoms with E-state index in [-0.39, 0.29) is 12.7 Å². The highest BCUT2D eigenvalue weighted by Crippen LogP contribution is 2.64. The van der Waals surface area contributed by atoms with Crippen molar-refractivity contribution < 1.29 is 10.2 Å². The normalized spacial score (nSPS) is 49.5. The molecular formula is C20H34O2. The summed E-state index contributed by atoms with van der Waals surface area (Å²) in [5, 5.41) is 19.9. The van der Waals surface area contributed by atoms with Crippen molar-refractivity contribution >= 4 is 0 Å². The predicted molar refractivity (Wildman–Crippen MR) is 90.4 cm³/mol. The maximum atomic E-state index is 10.7. The molecule has 0 spiro atoms. The van der Waals surface area contributed by atoms with Crippen molar-refractivity contribution in [1.82, 2.24) is 0 Å². The highest BCUT2D eigenvalue weighted by molar-refractivity contribution is 5.20. The zero-order valence-corrected chi connectivity index (χ0v) is 14.8. The molecule has 3 aliphatic carbocycles. The maximum Gasteiger partial charge on any atom is 0.0756 e. The van der Waals surface area contributed by atoms with E-state index in [0.29, 0.717) is 28.6 Å². The van der Waals surface area contributed by atoms with E-state index < -0.39 is 0 Å². The Morgan fingerprint density at radius 2 is 1.91 bits per heavy atom. The Hall–Kier alpha value is -0.340. The van der Waals surface area contributed by atoms with E-state index in [1.54, 1.807) is 0 Å². The number of aliphatic hydroxyl groups is 2. The fourth-order valence-corrected chi connectivity index (χ4v) is 6.78. The minimum atomic E-state index is -0.344. The molecule has 2 heteroatoms. The van der Waals surface area contributed by atoms with E-state index in [2.05, 4.69) is 27.7 Å². The first-order chi connectivity index (χ1) is 10.3. The molecule has 3 rings (SSSR count). The molecule has 6 atom stereocenters. The molecule has 0 aromatic carbocycles. The van der Waals surface area contributed by atoms with Crippen molar-refractivity contribution in [2.24, 2.45) is 34.5 Å². The van der Waals surface area contributed by atoms with Crippen molar-refractivity contribution in [1.29, 1.82) is 0 Å². The number of hydrogen-bond acceptors (Lipinski definition) is 2. The number of fused-ring (bicyclic) bond motifs is 3. The van der Waals surface area contributed by atoms with Crippen LogP contribution in [0.3, 0.4) is 0 Å². The molecular weight excluding hydrogens is 272 g/mol. The number of aliphatic hydroxyl groups excluding tert-OH is 2. The van der Waals surface area contributed by atoms with Gasteiger partial charge in [-0.2, -0.15) is 0 Å². The summed E-state index contributed by atoms with van der Waals surface area (Å²) in [5.74, 6) is 2.56. The lowest BCUT2D eigenvalue weighted by atomic mass is 9.43. The van der Waals surface area contributed by atoms with Gasteiger partial charge >= 0.3 is 0 Å². The van der Waals surface area contributed by atoms with Crippen molar-refractivity contribution in [3.05, 3.63) is 11.6 Å². The minimum Gasteiger partial charge on any atom is -0.392 e. The van der Waals surface area contributed by atoms with Crippen molar-refractivity contribution in [3.8, 4) is 0 Å². The number of hydrogen-bond donors (Lipinski definition) is 2. The van der Waals surface area contributed by atoms with Crippen LogP contribution in [0.4, 0.5) is 0 Å². The van der Waals surface area contributed by atoms with Gasteiger partial charge in [-0.25, -0.2) is 0 Å². The Morgan fingerprint density at radius 3 is 2.59 bits per heavy atom. The Labute approximate surface area is 136 Å². The quantitative estimate of drug-likeness (QED) is 0.714. The highest BCUT2D eigenvalue weighted by atomic mass is 16.3. The van der Waals surface area contributed by atoms with Crippen LogP contribution < -0.4 is 0 Å². The fourth-order valence-electron chi connectivity index (χ4n) is 6.78. The van der Waals surface area contributed by atoms with E-state index in [1.807, 2.05) is 6.08 Å². The van der Waals surface area contributed by atoms with E-state index in [0.717, 1.165) is 17.9 Å². The summed E-state index contributed by atoms with van der Waals surface area (Å²) in [5.41, 5.74) is 1.94. The molecule has 22 heavy (non-hydrogen) atoms. The maximum absolute atomic E-state index is 10.7. The molecule has 3 saturated carbocycles. The standard InChI is InChI=1S/C20H34O2/c1-13-14-6-7-18-19(2,3)9-5-10-20(18,4)16(14)12-17(22)15(13)8-11-21/h8,13-14,16-18,21-22H,5-7,9-12H2,1-4H3/t13-,14+,16+,17-,18+,20-/m1/s1. The Morgan fingerprint density at radius 1 is 1.18 bits per heavy atom. The lowest BCUT2D eigenvalue weighted by molar-refractivity contribution is -0.126. The van der Waals surface area contributed by atoms with Gasteiger partial charge in [0.15, 0.2) is 0 Å². The molecule has 2 nitrogen and oxygen atoms in total. The monoisotopic (exact) mass is 306 g/mol. The fraction of sp³-hybridized carbons (Fsp3) is 0.900. The molecule has 3 fully saturated rings. The molecule has 2 N–H and O–H groups in total. The van der Waals surface area contributed by atoms with Crippen LogP contribution >= 0.6 is 0 Å². The lowest BCUT2D eigenvalue weighted by Crippen LogP contribution is -2.55. The third-order valence-corrected chi connectivity index (χ3v) is 7.79. The van der Waals surface area contributed by atoms with Crippen LogP contribution in [0, 0.1) is 34.5 Å². The van der Waals surface area contributed by atoms with E-state index in [1.165, 1.54) is 32.1 Å². The van der Waals surface area contributed by atoms with Gasteiger partial charge in [0.25, 0.3) is 0 Å². The Balaban J connectivity index is 1.93. The molecule has 0 unspecified atom stereocenters. The summed E-state index contributed by atoms with van der Waals surface area (Å²) >= 11 is 0. The largest absolute Gasteiger partial charge is 0.392 e. The van der Waals surface area contributed by atoms with E-state index >= 15 is 0 Å². The predicted octanol–water partition coefficient (Wildman–Crippen LogP) is 4.16. The van der Waals surface area contributed by atoms with Crippen molar-refractivity contribution in [2.45, 2.75) is 72.3 Å². The van der Waals surface area contributed by atoms with Crippen LogP contribution in [-0.4, -0.2) is 22.9 Å². The molecule has 0 aromatic heterocycles. The smallest absolute Gasteiger partial charge is 0.0756 e. The van der Waals surface area contributed by atoms with Gasteiger partial charge < -0.3 is 10.2 Å². The van der Waals surface area contributed by atoms with Gasteiger partial charge in [-0.3, -0.25) is 0 Å². The number of rotatable bonds is 1. The van der Waals surface area contributed by atoms with Gasteiger partial charge in [0, 0.05) is 0 Å². The molecule has 0 amide bonds. The first kappa shape index (κ1) is 16.5. The lowest BCUT2D eigenvalue weighted by Gasteiger charge is -2.62.